The maximum absolute atomic E-state index is 15.6. The highest BCUT2D eigenvalue weighted by Gasteiger charge is 2.52. The van der Waals surface area contributed by atoms with Crippen LogP contribution in [0.5, 0.6) is 0 Å². The van der Waals surface area contributed by atoms with E-state index in [1.54, 1.807) is 4.90 Å². The van der Waals surface area contributed by atoms with Crippen LogP contribution in [0.25, 0.3) is 0 Å². The molecule has 0 spiro atoms. The van der Waals surface area contributed by atoms with Crippen molar-refractivity contribution in [3.05, 3.63) is 11.3 Å². The standard InChI is InChI=1S/C18H28FN5O2/c1-17(2)14-13(15(20)22-21-14)11-24(17)16(25)18(19)5-7-23(8-6-18)12-3-9-26-10-4-12/h12H,3-11H2,1-2H3,(H3,20,21,22). The van der Waals surface area contributed by atoms with Crippen molar-refractivity contribution in [2.75, 3.05) is 32.0 Å². The molecule has 4 heterocycles. The van der Waals surface area contributed by atoms with Crippen LogP contribution in [0.1, 0.15) is 50.8 Å². The monoisotopic (exact) mass is 365 g/mol. The van der Waals surface area contributed by atoms with Gasteiger partial charge in [0.15, 0.2) is 11.5 Å². The summed E-state index contributed by atoms with van der Waals surface area (Å²) >= 11 is 0. The van der Waals surface area contributed by atoms with Gasteiger partial charge in [-0.05, 0) is 26.7 Å². The third-order valence-corrected chi connectivity index (χ3v) is 6.43. The van der Waals surface area contributed by atoms with Crippen molar-refractivity contribution in [1.82, 2.24) is 20.0 Å². The number of nitrogen functional groups attached to an aromatic ring is 1. The number of alkyl halides is 1. The van der Waals surface area contributed by atoms with Crippen LogP contribution in [0, 0.1) is 0 Å². The number of nitrogens with one attached hydrogen (secondary N) is 1. The van der Waals surface area contributed by atoms with Gasteiger partial charge in [0.25, 0.3) is 5.91 Å². The van der Waals surface area contributed by atoms with E-state index in [1.807, 2.05) is 13.8 Å². The van der Waals surface area contributed by atoms with Crippen LogP contribution in [0.15, 0.2) is 0 Å². The first kappa shape index (κ1) is 17.7. The van der Waals surface area contributed by atoms with E-state index in [9.17, 15) is 4.79 Å². The Bertz CT molecular complexity index is 690. The maximum Gasteiger partial charge on any atom is 0.261 e. The molecule has 0 aliphatic carbocycles. The summed E-state index contributed by atoms with van der Waals surface area (Å²) in [6, 6.07) is 0.456. The van der Waals surface area contributed by atoms with Crippen molar-refractivity contribution in [3.8, 4) is 0 Å². The molecule has 1 aromatic rings. The van der Waals surface area contributed by atoms with Crippen LogP contribution < -0.4 is 5.73 Å². The van der Waals surface area contributed by atoms with Gasteiger partial charge in [-0.2, -0.15) is 5.10 Å². The fourth-order valence-corrected chi connectivity index (χ4v) is 4.61. The number of aromatic nitrogens is 2. The number of rotatable bonds is 2. The molecule has 144 valence electrons. The van der Waals surface area contributed by atoms with E-state index in [0.29, 0.717) is 31.5 Å². The van der Waals surface area contributed by atoms with Crippen molar-refractivity contribution in [1.29, 1.82) is 0 Å². The Morgan fingerprint density at radius 2 is 1.96 bits per heavy atom. The van der Waals surface area contributed by atoms with E-state index in [1.165, 1.54) is 0 Å². The van der Waals surface area contributed by atoms with Gasteiger partial charge in [-0.25, -0.2) is 4.39 Å². The van der Waals surface area contributed by atoms with Crippen molar-refractivity contribution in [3.63, 3.8) is 0 Å². The quantitative estimate of drug-likeness (QED) is 0.830. The SMILES string of the molecule is CC1(C)c2[nH]nc(N)c2CN1C(=O)C1(F)CCN(C2CCOCC2)CC1. The zero-order valence-corrected chi connectivity index (χ0v) is 15.6. The molecule has 1 aromatic heterocycles. The van der Waals surface area contributed by atoms with Gasteiger partial charge in [-0.15, -0.1) is 0 Å². The molecular formula is C18H28FN5O2. The molecule has 0 aromatic carbocycles. The Hall–Kier alpha value is -1.67. The number of nitrogens with two attached hydrogens (primary N) is 1. The lowest BCUT2D eigenvalue weighted by Crippen LogP contribution is -2.56. The number of H-pyrrole nitrogens is 1. The van der Waals surface area contributed by atoms with E-state index in [2.05, 4.69) is 15.1 Å². The van der Waals surface area contributed by atoms with Crippen LogP contribution >= 0.6 is 0 Å². The van der Waals surface area contributed by atoms with Crippen LogP contribution in [-0.2, 0) is 21.6 Å². The number of nitrogens with zero attached hydrogens (tertiary/aromatic N) is 3. The Morgan fingerprint density at radius 1 is 1.31 bits per heavy atom. The summed E-state index contributed by atoms with van der Waals surface area (Å²) in [7, 11) is 0. The minimum absolute atomic E-state index is 0.247. The lowest BCUT2D eigenvalue weighted by molar-refractivity contribution is -0.154. The number of halogens is 1. The number of likely N-dealkylation sites (tertiary alicyclic amines) is 1. The first-order valence-corrected chi connectivity index (χ1v) is 9.49. The van der Waals surface area contributed by atoms with Gasteiger partial charge in [0.2, 0.25) is 0 Å². The fourth-order valence-electron chi connectivity index (χ4n) is 4.61. The highest BCUT2D eigenvalue weighted by atomic mass is 19.1. The molecule has 0 saturated carbocycles. The lowest BCUT2D eigenvalue weighted by Gasteiger charge is -2.43. The first-order chi connectivity index (χ1) is 12.3. The summed E-state index contributed by atoms with van der Waals surface area (Å²) < 4.78 is 21.0. The summed E-state index contributed by atoms with van der Waals surface area (Å²) in [5, 5.41) is 6.94. The van der Waals surface area contributed by atoms with Crippen molar-refractivity contribution in [2.45, 2.75) is 63.3 Å². The second-order valence-electron chi connectivity index (χ2n) is 8.26. The normalized spacial score (nSPS) is 26.0. The molecule has 8 heteroatoms. The molecular weight excluding hydrogens is 337 g/mol. The number of aromatic amines is 1. The smallest absolute Gasteiger partial charge is 0.261 e. The Morgan fingerprint density at radius 3 is 2.58 bits per heavy atom. The average molecular weight is 365 g/mol. The Balaban J connectivity index is 1.45. The first-order valence-electron chi connectivity index (χ1n) is 9.49. The molecule has 0 unspecified atom stereocenters. The number of anilines is 1. The molecule has 3 aliphatic heterocycles. The maximum atomic E-state index is 15.6. The van der Waals surface area contributed by atoms with Crippen molar-refractivity contribution >= 4 is 11.7 Å². The Kier molecular flexibility index (Phi) is 4.23. The van der Waals surface area contributed by atoms with Crippen LogP contribution in [0.3, 0.4) is 0 Å². The fraction of sp³-hybridized carbons (Fsp3) is 0.778. The number of hydrogen-bond acceptors (Lipinski definition) is 5. The number of ether oxygens (including phenoxy) is 1. The van der Waals surface area contributed by atoms with E-state index >= 15 is 4.39 Å². The molecule has 26 heavy (non-hydrogen) atoms. The van der Waals surface area contributed by atoms with Gasteiger partial charge in [-0.1, -0.05) is 0 Å². The van der Waals surface area contributed by atoms with Gasteiger partial charge in [-0.3, -0.25) is 14.8 Å². The topological polar surface area (TPSA) is 87.5 Å². The predicted octanol–water partition coefficient (Wildman–Crippen LogP) is 1.55. The van der Waals surface area contributed by atoms with Gasteiger partial charge in [0.05, 0.1) is 17.8 Å². The summed E-state index contributed by atoms with van der Waals surface area (Å²) in [5.41, 5.74) is 5.09. The van der Waals surface area contributed by atoms with Gasteiger partial charge >= 0.3 is 0 Å². The van der Waals surface area contributed by atoms with Crippen LogP contribution in [0.4, 0.5) is 10.2 Å². The zero-order chi connectivity index (χ0) is 18.5. The number of carbonyl (C=O) groups excluding carboxylic acids is 1. The number of fused-ring (bicyclic) bond motifs is 1. The molecule has 0 bridgehead atoms. The van der Waals surface area contributed by atoms with E-state index < -0.39 is 17.1 Å². The number of hydrogen-bond donors (Lipinski definition) is 2. The molecule has 2 fully saturated rings. The predicted molar refractivity (Wildman–Crippen MR) is 95.1 cm³/mol. The summed E-state index contributed by atoms with van der Waals surface area (Å²) in [6.45, 7) is 6.93. The number of amides is 1. The molecule has 1 amide bonds. The summed E-state index contributed by atoms with van der Waals surface area (Å²) in [4.78, 5) is 17.1. The summed E-state index contributed by atoms with van der Waals surface area (Å²) in [6.07, 6.45) is 2.48. The van der Waals surface area contributed by atoms with Crippen molar-refractivity contribution in [2.24, 2.45) is 0 Å². The van der Waals surface area contributed by atoms with E-state index in [4.69, 9.17) is 10.5 Å². The number of carbonyl (C=O) groups is 1. The van der Waals surface area contributed by atoms with Gasteiger partial charge in [0, 0.05) is 50.8 Å². The largest absolute Gasteiger partial charge is 0.382 e. The third kappa shape index (κ3) is 2.70. The van der Waals surface area contributed by atoms with Crippen LogP contribution in [-0.4, -0.2) is 63.9 Å². The third-order valence-electron chi connectivity index (χ3n) is 6.43. The molecule has 2 saturated heterocycles. The zero-order valence-electron chi connectivity index (χ0n) is 15.6. The Labute approximate surface area is 153 Å². The van der Waals surface area contributed by atoms with E-state index in [0.717, 1.165) is 37.3 Å². The molecule has 3 aliphatic rings. The number of piperidine rings is 1. The second kappa shape index (κ2) is 6.20. The molecule has 4 rings (SSSR count). The molecule has 3 N–H and O–H groups in total. The molecule has 7 nitrogen and oxygen atoms in total. The highest BCUT2D eigenvalue weighted by Crippen LogP contribution is 2.43. The van der Waals surface area contributed by atoms with Crippen LogP contribution in [0.2, 0.25) is 0 Å². The van der Waals surface area contributed by atoms with Gasteiger partial charge in [0.1, 0.15) is 0 Å². The van der Waals surface area contributed by atoms with Gasteiger partial charge < -0.3 is 15.4 Å². The average Bonchev–Trinajstić information content (AvgIpc) is 3.13. The van der Waals surface area contributed by atoms with E-state index in [-0.39, 0.29) is 12.8 Å². The lowest BCUT2D eigenvalue weighted by atomic mass is 9.88. The molecule has 0 atom stereocenters. The summed E-state index contributed by atoms with van der Waals surface area (Å²) in [5.74, 6) is -0.0243. The second-order valence-corrected chi connectivity index (χ2v) is 8.26. The molecule has 0 radical (unpaired) electrons. The minimum Gasteiger partial charge on any atom is -0.382 e. The highest BCUT2D eigenvalue weighted by molar-refractivity contribution is 5.87. The van der Waals surface area contributed by atoms with Crippen molar-refractivity contribution < 1.29 is 13.9 Å². The minimum atomic E-state index is -1.80.